The Morgan fingerprint density at radius 1 is 1.38 bits per heavy atom. The summed E-state index contributed by atoms with van der Waals surface area (Å²) in [5.41, 5.74) is 14.1. The number of halogens is 1. The van der Waals surface area contributed by atoms with Crippen LogP contribution in [0.3, 0.4) is 0 Å². The summed E-state index contributed by atoms with van der Waals surface area (Å²) in [7, 11) is 0. The average Bonchev–Trinajstić information content (AvgIpc) is 3.16. The molecule has 0 bridgehead atoms. The average molecular weight is 396 g/mol. The number of hydrogen-bond acceptors (Lipinski definition) is 5. The lowest BCUT2D eigenvalue weighted by atomic mass is 9.75. The molecule has 0 spiro atoms. The van der Waals surface area contributed by atoms with Crippen LogP contribution in [0.1, 0.15) is 44.0 Å². The van der Waals surface area contributed by atoms with Gasteiger partial charge >= 0.3 is 0 Å². The minimum atomic E-state index is -0.580. The number of primary amides is 1. The van der Waals surface area contributed by atoms with Crippen molar-refractivity contribution >= 4 is 17.1 Å². The van der Waals surface area contributed by atoms with Crippen LogP contribution in [-0.4, -0.2) is 32.1 Å². The molecule has 2 atom stereocenters. The molecule has 0 saturated heterocycles. The molecule has 8 heteroatoms. The molecule has 0 radical (unpaired) electrons. The van der Waals surface area contributed by atoms with Gasteiger partial charge in [0, 0.05) is 40.5 Å². The number of pyridine rings is 1. The molecular formula is C21H25FN6O. The van der Waals surface area contributed by atoms with Crippen LogP contribution < -0.4 is 16.8 Å². The van der Waals surface area contributed by atoms with Gasteiger partial charge in [-0.1, -0.05) is 13.8 Å². The summed E-state index contributed by atoms with van der Waals surface area (Å²) < 4.78 is 15.8. The fourth-order valence-corrected chi connectivity index (χ4v) is 4.10. The molecule has 3 aromatic heterocycles. The van der Waals surface area contributed by atoms with Gasteiger partial charge in [-0.25, -0.2) is 9.50 Å². The molecule has 0 aliphatic heterocycles. The Hall–Kier alpha value is -3.00. The van der Waals surface area contributed by atoms with E-state index in [4.69, 9.17) is 11.5 Å². The predicted octanol–water partition coefficient (Wildman–Crippen LogP) is 2.95. The van der Waals surface area contributed by atoms with E-state index in [0.717, 1.165) is 12.8 Å². The van der Waals surface area contributed by atoms with Crippen LogP contribution in [0, 0.1) is 11.4 Å². The second-order valence-corrected chi connectivity index (χ2v) is 8.57. The van der Waals surface area contributed by atoms with E-state index < -0.39 is 11.9 Å². The van der Waals surface area contributed by atoms with Crippen molar-refractivity contribution in [3.8, 4) is 11.1 Å². The molecule has 29 heavy (non-hydrogen) atoms. The van der Waals surface area contributed by atoms with Crippen molar-refractivity contribution in [3.05, 3.63) is 48.3 Å². The smallest absolute Gasteiger partial charge is 0.252 e. The molecule has 1 amide bonds. The number of nitrogens with two attached hydrogens (primary N) is 2. The van der Waals surface area contributed by atoms with Gasteiger partial charge < -0.3 is 16.8 Å². The molecular weight excluding hydrogens is 371 g/mol. The molecule has 1 aliphatic carbocycles. The largest absolute Gasteiger partial charge is 0.379 e. The number of anilines is 1. The third-order valence-corrected chi connectivity index (χ3v) is 6.59. The van der Waals surface area contributed by atoms with Gasteiger partial charge in [-0.15, -0.1) is 0 Å². The van der Waals surface area contributed by atoms with Crippen molar-refractivity contribution in [2.75, 3.05) is 5.32 Å². The molecule has 4 rings (SSSR count). The third-order valence-electron chi connectivity index (χ3n) is 6.59. The summed E-state index contributed by atoms with van der Waals surface area (Å²) in [6, 6.07) is 5.14. The first kappa shape index (κ1) is 19.3. The van der Waals surface area contributed by atoms with E-state index in [1.807, 2.05) is 6.92 Å². The van der Waals surface area contributed by atoms with E-state index in [9.17, 15) is 9.18 Å². The van der Waals surface area contributed by atoms with Crippen LogP contribution in [0.5, 0.6) is 0 Å². The normalized spacial score (nSPS) is 23.4. The molecule has 3 heterocycles. The van der Waals surface area contributed by atoms with Crippen LogP contribution in [0.15, 0.2) is 36.8 Å². The van der Waals surface area contributed by atoms with Crippen LogP contribution in [-0.2, 0) is 0 Å². The number of carbonyl (C=O) groups excluding carboxylic acids is 1. The second-order valence-electron chi connectivity index (χ2n) is 8.57. The van der Waals surface area contributed by atoms with Gasteiger partial charge in [0.25, 0.3) is 5.91 Å². The summed E-state index contributed by atoms with van der Waals surface area (Å²) in [4.78, 5) is 15.8. The Morgan fingerprint density at radius 3 is 2.76 bits per heavy atom. The number of aromatic nitrogens is 3. The predicted molar refractivity (Wildman–Crippen MR) is 110 cm³/mol. The fraction of sp³-hybridized carbons (Fsp3) is 0.381. The standard InChI is InChI=1S/C21H25FN6O/c1-20(2)16(6-7-21(20,3)24)27-17-14(19(23)29)10-26-28-11-12(9-15(17)28)13-5-4-8-25-18(13)22/h4-5,8-11,16,27H,6-7,24H2,1-3H3,(H2,23,29)/t16-,21-/m1/s1. The molecule has 5 N–H and O–H groups in total. The van der Waals surface area contributed by atoms with Gasteiger partial charge in [-0.3, -0.25) is 4.79 Å². The quantitative estimate of drug-likeness (QED) is 0.587. The van der Waals surface area contributed by atoms with E-state index in [1.165, 1.54) is 12.4 Å². The van der Waals surface area contributed by atoms with Crippen LogP contribution in [0.2, 0.25) is 0 Å². The van der Waals surface area contributed by atoms with Gasteiger partial charge in [0.2, 0.25) is 5.95 Å². The summed E-state index contributed by atoms with van der Waals surface area (Å²) in [5, 5.41) is 7.79. The monoisotopic (exact) mass is 396 g/mol. The highest BCUT2D eigenvalue weighted by atomic mass is 19.1. The number of fused-ring (bicyclic) bond motifs is 1. The van der Waals surface area contributed by atoms with Crippen LogP contribution in [0.25, 0.3) is 16.6 Å². The molecule has 1 fully saturated rings. The zero-order valence-electron chi connectivity index (χ0n) is 16.7. The minimum Gasteiger partial charge on any atom is -0.379 e. The van der Waals surface area contributed by atoms with Gasteiger partial charge in [-0.05, 0) is 38.0 Å². The van der Waals surface area contributed by atoms with E-state index in [2.05, 4.69) is 29.2 Å². The molecule has 0 aromatic carbocycles. The van der Waals surface area contributed by atoms with Gasteiger partial charge in [-0.2, -0.15) is 9.49 Å². The van der Waals surface area contributed by atoms with Gasteiger partial charge in [0.1, 0.15) is 0 Å². The van der Waals surface area contributed by atoms with E-state index in [0.29, 0.717) is 22.3 Å². The fourth-order valence-electron chi connectivity index (χ4n) is 4.10. The van der Waals surface area contributed by atoms with E-state index >= 15 is 0 Å². The first-order valence-corrected chi connectivity index (χ1v) is 9.59. The van der Waals surface area contributed by atoms with Crippen LogP contribution >= 0.6 is 0 Å². The van der Waals surface area contributed by atoms with Gasteiger partial charge in [0.05, 0.1) is 23.0 Å². The van der Waals surface area contributed by atoms with Crippen LogP contribution in [0.4, 0.5) is 10.1 Å². The van der Waals surface area contributed by atoms with E-state index in [1.54, 1.807) is 28.9 Å². The van der Waals surface area contributed by atoms with E-state index in [-0.39, 0.29) is 22.6 Å². The highest BCUT2D eigenvalue weighted by Gasteiger charge is 2.49. The van der Waals surface area contributed by atoms with Crippen molar-refractivity contribution in [2.24, 2.45) is 16.9 Å². The molecule has 0 unspecified atom stereocenters. The Balaban J connectivity index is 1.84. The number of amides is 1. The Kier molecular flexibility index (Phi) is 4.34. The lowest BCUT2D eigenvalue weighted by molar-refractivity contribution is 0.100. The van der Waals surface area contributed by atoms with Crippen molar-refractivity contribution < 1.29 is 9.18 Å². The van der Waals surface area contributed by atoms with Crippen molar-refractivity contribution in [2.45, 2.75) is 45.2 Å². The Bertz CT molecular complexity index is 1100. The maximum absolute atomic E-state index is 14.2. The number of hydrogen-bond donors (Lipinski definition) is 3. The lowest BCUT2D eigenvalue weighted by Gasteiger charge is -2.39. The zero-order valence-corrected chi connectivity index (χ0v) is 16.7. The van der Waals surface area contributed by atoms with Crippen molar-refractivity contribution in [1.82, 2.24) is 14.6 Å². The highest BCUT2D eigenvalue weighted by Crippen LogP contribution is 2.46. The number of nitrogens with one attached hydrogen (secondary N) is 1. The lowest BCUT2D eigenvalue weighted by Crippen LogP contribution is -2.51. The molecule has 152 valence electrons. The molecule has 7 nitrogen and oxygen atoms in total. The second kappa shape index (κ2) is 6.52. The number of nitrogens with zero attached hydrogens (tertiary/aromatic N) is 3. The molecule has 1 aliphatic rings. The van der Waals surface area contributed by atoms with Crippen molar-refractivity contribution in [1.29, 1.82) is 0 Å². The number of carbonyl (C=O) groups is 1. The summed E-state index contributed by atoms with van der Waals surface area (Å²) in [6.07, 6.45) is 6.26. The minimum absolute atomic E-state index is 0.0373. The first-order valence-electron chi connectivity index (χ1n) is 9.59. The van der Waals surface area contributed by atoms with Gasteiger partial charge in [0.15, 0.2) is 0 Å². The zero-order chi connectivity index (χ0) is 21.0. The summed E-state index contributed by atoms with van der Waals surface area (Å²) in [5.74, 6) is -1.15. The third kappa shape index (κ3) is 3.04. The highest BCUT2D eigenvalue weighted by molar-refractivity contribution is 6.02. The number of rotatable bonds is 4. The molecule has 3 aromatic rings. The van der Waals surface area contributed by atoms with Crippen molar-refractivity contribution in [3.63, 3.8) is 0 Å². The maximum Gasteiger partial charge on any atom is 0.252 e. The topological polar surface area (TPSA) is 111 Å². The SMILES string of the molecule is CC1(C)[C@H](Nc2c(C(N)=O)cnn3cc(-c4cccnc4F)cc23)CC[C@@]1(C)N. The summed E-state index contributed by atoms with van der Waals surface area (Å²) in [6.45, 7) is 6.29. The first-order chi connectivity index (χ1) is 13.6. The Morgan fingerprint density at radius 2 is 2.14 bits per heavy atom. The summed E-state index contributed by atoms with van der Waals surface area (Å²) >= 11 is 0. The Labute approximate surface area is 168 Å². The maximum atomic E-state index is 14.2. The molecule has 1 saturated carbocycles.